The van der Waals surface area contributed by atoms with E-state index in [1.165, 1.54) is 21.8 Å². The molecule has 0 unspecified atom stereocenters. The van der Waals surface area contributed by atoms with E-state index in [0.29, 0.717) is 0 Å². The molecule has 6 heteroatoms. The lowest BCUT2D eigenvalue weighted by Crippen LogP contribution is -2.30. The SMILES string of the molecule is COc1ccc(Cc2n[nH]c3c2CN(Cc2nccs2)CC3)cc1. The first-order valence-electron chi connectivity index (χ1n) is 8.10. The Kier molecular flexibility index (Phi) is 4.32. The Morgan fingerprint density at radius 1 is 1.29 bits per heavy atom. The van der Waals surface area contributed by atoms with E-state index in [9.17, 15) is 0 Å². The number of H-pyrrole nitrogens is 1. The van der Waals surface area contributed by atoms with Crippen molar-refractivity contribution in [1.82, 2.24) is 20.1 Å². The van der Waals surface area contributed by atoms with Gasteiger partial charge in [-0.05, 0) is 17.7 Å². The molecule has 0 aliphatic carbocycles. The van der Waals surface area contributed by atoms with E-state index in [1.807, 2.05) is 23.7 Å². The molecule has 1 aliphatic rings. The van der Waals surface area contributed by atoms with Gasteiger partial charge in [0, 0.05) is 48.8 Å². The number of fused-ring (bicyclic) bond motifs is 1. The molecule has 2 aromatic heterocycles. The highest BCUT2D eigenvalue weighted by atomic mass is 32.1. The summed E-state index contributed by atoms with van der Waals surface area (Å²) in [6, 6.07) is 8.22. The van der Waals surface area contributed by atoms with Crippen molar-refractivity contribution in [1.29, 1.82) is 0 Å². The van der Waals surface area contributed by atoms with Crippen molar-refractivity contribution in [3.8, 4) is 5.75 Å². The summed E-state index contributed by atoms with van der Waals surface area (Å²) >= 11 is 1.72. The maximum absolute atomic E-state index is 5.23. The van der Waals surface area contributed by atoms with Crippen LogP contribution < -0.4 is 4.74 Å². The van der Waals surface area contributed by atoms with Gasteiger partial charge < -0.3 is 4.74 Å². The van der Waals surface area contributed by atoms with Crippen LogP contribution in [-0.4, -0.2) is 33.7 Å². The van der Waals surface area contributed by atoms with Crippen LogP contribution in [0.5, 0.6) is 5.75 Å². The van der Waals surface area contributed by atoms with E-state index in [1.54, 1.807) is 18.4 Å². The van der Waals surface area contributed by atoms with Crippen LogP contribution in [0.25, 0.3) is 0 Å². The molecule has 0 saturated heterocycles. The molecule has 0 amide bonds. The second-order valence-electron chi connectivity index (χ2n) is 6.04. The summed E-state index contributed by atoms with van der Waals surface area (Å²) in [4.78, 5) is 6.85. The molecule has 0 fully saturated rings. The maximum atomic E-state index is 5.23. The highest BCUT2D eigenvalue weighted by molar-refractivity contribution is 7.09. The van der Waals surface area contributed by atoms with Crippen LogP contribution >= 0.6 is 11.3 Å². The van der Waals surface area contributed by atoms with Gasteiger partial charge in [0.2, 0.25) is 0 Å². The minimum atomic E-state index is 0.848. The largest absolute Gasteiger partial charge is 0.497 e. The second kappa shape index (κ2) is 6.75. The number of benzene rings is 1. The Morgan fingerprint density at radius 3 is 2.92 bits per heavy atom. The quantitative estimate of drug-likeness (QED) is 0.776. The molecule has 124 valence electrons. The summed E-state index contributed by atoms with van der Waals surface area (Å²) in [5, 5.41) is 11.0. The van der Waals surface area contributed by atoms with Crippen molar-refractivity contribution >= 4 is 11.3 Å². The highest BCUT2D eigenvalue weighted by Gasteiger charge is 2.22. The first-order valence-corrected chi connectivity index (χ1v) is 8.98. The van der Waals surface area contributed by atoms with Gasteiger partial charge in [-0.25, -0.2) is 4.98 Å². The lowest BCUT2D eigenvalue weighted by molar-refractivity contribution is 0.244. The van der Waals surface area contributed by atoms with Crippen molar-refractivity contribution in [3.63, 3.8) is 0 Å². The molecule has 0 atom stereocenters. The van der Waals surface area contributed by atoms with Crippen LogP contribution in [0.1, 0.15) is 27.5 Å². The standard InChI is InChI=1S/C18H20N4OS/c1-23-14-4-2-13(3-5-14)10-17-15-11-22(8-6-16(15)20-21-17)12-18-19-7-9-24-18/h2-5,7,9H,6,8,10-12H2,1H3,(H,20,21). The molecule has 5 nitrogen and oxygen atoms in total. The van der Waals surface area contributed by atoms with Gasteiger partial charge in [-0.2, -0.15) is 5.10 Å². The third-order valence-corrected chi connectivity index (χ3v) is 5.24. The van der Waals surface area contributed by atoms with Crippen molar-refractivity contribution < 1.29 is 4.74 Å². The first-order chi connectivity index (χ1) is 11.8. The number of aromatic amines is 1. The second-order valence-corrected chi connectivity index (χ2v) is 7.02. The van der Waals surface area contributed by atoms with Crippen molar-refractivity contribution in [2.75, 3.05) is 13.7 Å². The van der Waals surface area contributed by atoms with Gasteiger partial charge in [0.1, 0.15) is 10.8 Å². The molecule has 4 rings (SSSR count). The van der Waals surface area contributed by atoms with Gasteiger partial charge in [-0.1, -0.05) is 12.1 Å². The first kappa shape index (κ1) is 15.4. The third-order valence-electron chi connectivity index (χ3n) is 4.47. The zero-order chi connectivity index (χ0) is 16.4. The molecule has 0 spiro atoms. The Hall–Kier alpha value is -2.18. The van der Waals surface area contributed by atoms with Gasteiger partial charge >= 0.3 is 0 Å². The van der Waals surface area contributed by atoms with E-state index >= 15 is 0 Å². The van der Waals surface area contributed by atoms with E-state index < -0.39 is 0 Å². The van der Waals surface area contributed by atoms with Crippen LogP contribution in [0.2, 0.25) is 0 Å². The Bertz CT molecular complexity index is 795. The number of methoxy groups -OCH3 is 1. The summed E-state index contributed by atoms with van der Waals surface area (Å²) in [6.07, 6.45) is 3.75. The van der Waals surface area contributed by atoms with Crippen LogP contribution in [0.15, 0.2) is 35.8 Å². The topological polar surface area (TPSA) is 54.0 Å². The van der Waals surface area contributed by atoms with E-state index in [-0.39, 0.29) is 0 Å². The fourth-order valence-electron chi connectivity index (χ4n) is 3.15. The molecule has 0 radical (unpaired) electrons. The average molecular weight is 340 g/mol. The Morgan fingerprint density at radius 2 is 2.17 bits per heavy atom. The molecular formula is C18H20N4OS. The maximum Gasteiger partial charge on any atom is 0.118 e. The van der Waals surface area contributed by atoms with Crippen LogP contribution in [-0.2, 0) is 25.9 Å². The number of ether oxygens (including phenoxy) is 1. The number of aromatic nitrogens is 3. The lowest BCUT2D eigenvalue weighted by atomic mass is 10.0. The number of nitrogens with zero attached hydrogens (tertiary/aromatic N) is 3. The van der Waals surface area contributed by atoms with E-state index in [0.717, 1.165) is 43.9 Å². The summed E-state index contributed by atoms with van der Waals surface area (Å²) in [7, 11) is 1.69. The van der Waals surface area contributed by atoms with E-state index in [4.69, 9.17) is 4.74 Å². The molecule has 3 aromatic rings. The zero-order valence-corrected chi connectivity index (χ0v) is 14.5. The fraction of sp³-hybridized carbons (Fsp3) is 0.333. The molecule has 0 saturated carbocycles. The minimum absolute atomic E-state index is 0.848. The van der Waals surface area contributed by atoms with Gasteiger partial charge in [0.15, 0.2) is 0 Å². The number of hydrogen-bond donors (Lipinski definition) is 1. The zero-order valence-electron chi connectivity index (χ0n) is 13.7. The minimum Gasteiger partial charge on any atom is -0.497 e. The van der Waals surface area contributed by atoms with Crippen LogP contribution in [0.3, 0.4) is 0 Å². The molecule has 3 heterocycles. The molecule has 24 heavy (non-hydrogen) atoms. The van der Waals surface area contributed by atoms with Gasteiger partial charge in [-0.3, -0.25) is 10.00 Å². The van der Waals surface area contributed by atoms with Crippen LogP contribution in [0.4, 0.5) is 0 Å². The molecular weight excluding hydrogens is 320 g/mol. The predicted molar refractivity (Wildman–Crippen MR) is 94.3 cm³/mol. The summed E-state index contributed by atoms with van der Waals surface area (Å²) < 4.78 is 5.23. The van der Waals surface area contributed by atoms with Gasteiger partial charge in [-0.15, -0.1) is 11.3 Å². The lowest BCUT2D eigenvalue weighted by Gasteiger charge is -2.26. The summed E-state index contributed by atoms with van der Waals surface area (Å²) in [5.74, 6) is 0.887. The summed E-state index contributed by atoms with van der Waals surface area (Å²) in [6.45, 7) is 2.91. The Labute approximate surface area is 145 Å². The number of nitrogens with one attached hydrogen (secondary N) is 1. The van der Waals surface area contributed by atoms with E-state index in [2.05, 4.69) is 32.2 Å². The monoisotopic (exact) mass is 340 g/mol. The number of thiazole rings is 1. The van der Waals surface area contributed by atoms with Gasteiger partial charge in [0.25, 0.3) is 0 Å². The normalized spacial score (nSPS) is 14.5. The van der Waals surface area contributed by atoms with Crippen molar-refractivity contribution in [2.45, 2.75) is 25.9 Å². The van der Waals surface area contributed by atoms with Crippen molar-refractivity contribution in [2.24, 2.45) is 0 Å². The number of rotatable bonds is 5. The van der Waals surface area contributed by atoms with Gasteiger partial charge in [0.05, 0.1) is 19.3 Å². The molecule has 1 aliphatic heterocycles. The highest BCUT2D eigenvalue weighted by Crippen LogP contribution is 2.24. The Balaban J connectivity index is 1.49. The number of hydrogen-bond acceptors (Lipinski definition) is 5. The molecule has 0 bridgehead atoms. The molecule has 1 N–H and O–H groups in total. The predicted octanol–water partition coefficient (Wildman–Crippen LogP) is 3.02. The smallest absolute Gasteiger partial charge is 0.118 e. The average Bonchev–Trinajstić information content (AvgIpc) is 3.26. The fourth-order valence-corrected chi connectivity index (χ4v) is 3.81. The van der Waals surface area contributed by atoms with Crippen LogP contribution in [0, 0.1) is 0 Å². The summed E-state index contributed by atoms with van der Waals surface area (Å²) in [5.41, 5.74) is 5.05. The molecule has 1 aromatic carbocycles. The van der Waals surface area contributed by atoms with Crippen molar-refractivity contribution in [3.05, 3.63) is 63.4 Å². The third kappa shape index (κ3) is 3.20.